The molecule has 1 aliphatic rings. The van der Waals surface area contributed by atoms with Crippen molar-refractivity contribution in [3.8, 4) is 0 Å². The van der Waals surface area contributed by atoms with Gasteiger partial charge in [-0.3, -0.25) is 4.79 Å². The van der Waals surface area contributed by atoms with Crippen LogP contribution in [0.15, 0.2) is 0 Å². The predicted octanol–water partition coefficient (Wildman–Crippen LogP) is -1.36. The molecule has 0 radical (unpaired) electrons. The fraction of sp³-hybridized carbons (Fsp3) is 0.714. The first-order chi connectivity index (χ1) is 6.82. The van der Waals surface area contributed by atoms with Crippen LogP contribution in [0.1, 0.15) is 6.42 Å². The molecule has 1 heterocycles. The SMILES string of the molecule is NC(=O)N(CC(=O)O)C1CCS(=O)(=O)C1. The van der Waals surface area contributed by atoms with Gasteiger partial charge in [0.15, 0.2) is 9.84 Å². The smallest absolute Gasteiger partial charge is 0.323 e. The molecule has 0 bridgehead atoms. The molecule has 1 aliphatic heterocycles. The quantitative estimate of drug-likeness (QED) is 0.627. The van der Waals surface area contributed by atoms with E-state index >= 15 is 0 Å². The van der Waals surface area contributed by atoms with E-state index in [1.165, 1.54) is 0 Å². The van der Waals surface area contributed by atoms with Crippen molar-refractivity contribution >= 4 is 21.8 Å². The van der Waals surface area contributed by atoms with E-state index in [0.29, 0.717) is 0 Å². The standard InChI is InChI=1S/C7H12N2O5S/c8-7(12)9(3-6(10)11)5-1-2-15(13,14)4-5/h5H,1-4H2,(H2,8,12)(H,10,11). The van der Waals surface area contributed by atoms with Gasteiger partial charge in [0.1, 0.15) is 6.54 Å². The Morgan fingerprint density at radius 3 is 2.40 bits per heavy atom. The number of urea groups is 1. The van der Waals surface area contributed by atoms with Crippen LogP contribution in [0.3, 0.4) is 0 Å². The Morgan fingerprint density at radius 1 is 1.47 bits per heavy atom. The number of rotatable bonds is 3. The lowest BCUT2D eigenvalue weighted by molar-refractivity contribution is -0.138. The zero-order chi connectivity index (χ0) is 11.6. The van der Waals surface area contributed by atoms with E-state index in [-0.39, 0.29) is 17.9 Å². The van der Waals surface area contributed by atoms with Gasteiger partial charge in [-0.15, -0.1) is 0 Å². The number of amides is 2. The number of aliphatic carboxylic acids is 1. The van der Waals surface area contributed by atoms with Crippen molar-refractivity contribution < 1.29 is 23.1 Å². The van der Waals surface area contributed by atoms with Gasteiger partial charge < -0.3 is 15.7 Å². The van der Waals surface area contributed by atoms with E-state index in [1.54, 1.807) is 0 Å². The van der Waals surface area contributed by atoms with Crippen LogP contribution in [0, 0.1) is 0 Å². The second kappa shape index (κ2) is 4.05. The molecule has 1 fully saturated rings. The Hall–Kier alpha value is -1.31. The topological polar surface area (TPSA) is 118 Å². The van der Waals surface area contributed by atoms with Gasteiger partial charge >= 0.3 is 12.0 Å². The lowest BCUT2D eigenvalue weighted by Crippen LogP contribution is -2.46. The van der Waals surface area contributed by atoms with Crippen molar-refractivity contribution in [3.05, 3.63) is 0 Å². The number of carbonyl (C=O) groups excluding carboxylic acids is 1. The molecular weight excluding hydrogens is 224 g/mol. The van der Waals surface area contributed by atoms with Crippen LogP contribution in [-0.4, -0.2) is 54.5 Å². The van der Waals surface area contributed by atoms with E-state index in [1.807, 2.05) is 0 Å². The molecule has 8 heteroatoms. The summed E-state index contributed by atoms with van der Waals surface area (Å²) in [7, 11) is -3.15. The number of hydrogen-bond donors (Lipinski definition) is 2. The number of nitrogens with zero attached hydrogens (tertiary/aromatic N) is 1. The highest BCUT2D eigenvalue weighted by Gasteiger charge is 2.34. The number of hydrogen-bond acceptors (Lipinski definition) is 4. The largest absolute Gasteiger partial charge is 0.480 e. The van der Waals surface area contributed by atoms with Gasteiger partial charge in [0, 0.05) is 6.04 Å². The zero-order valence-electron chi connectivity index (χ0n) is 7.92. The third-order valence-corrected chi connectivity index (χ3v) is 3.99. The molecule has 0 saturated carbocycles. The predicted molar refractivity (Wildman–Crippen MR) is 51.0 cm³/mol. The van der Waals surface area contributed by atoms with Crippen LogP contribution >= 0.6 is 0 Å². The van der Waals surface area contributed by atoms with Crippen molar-refractivity contribution in [2.75, 3.05) is 18.1 Å². The van der Waals surface area contributed by atoms with Crippen LogP contribution in [0.2, 0.25) is 0 Å². The normalized spacial score (nSPS) is 23.6. The molecule has 1 saturated heterocycles. The molecule has 1 rings (SSSR count). The lowest BCUT2D eigenvalue weighted by atomic mass is 10.2. The molecule has 1 atom stereocenters. The molecule has 0 aromatic carbocycles. The number of carbonyl (C=O) groups is 2. The van der Waals surface area contributed by atoms with Gasteiger partial charge in [0.05, 0.1) is 11.5 Å². The van der Waals surface area contributed by atoms with Crippen molar-refractivity contribution in [3.63, 3.8) is 0 Å². The Kier molecular flexibility index (Phi) is 3.18. The fourth-order valence-electron chi connectivity index (χ4n) is 1.55. The van der Waals surface area contributed by atoms with Crippen LogP contribution in [0.4, 0.5) is 4.79 Å². The number of sulfone groups is 1. The Morgan fingerprint density at radius 2 is 2.07 bits per heavy atom. The highest BCUT2D eigenvalue weighted by molar-refractivity contribution is 7.91. The summed E-state index contributed by atoms with van der Waals surface area (Å²) in [6.45, 7) is -0.560. The molecule has 7 nitrogen and oxygen atoms in total. The summed E-state index contributed by atoms with van der Waals surface area (Å²) in [5, 5.41) is 8.52. The minimum absolute atomic E-state index is 0.0267. The summed E-state index contributed by atoms with van der Waals surface area (Å²) < 4.78 is 22.3. The summed E-state index contributed by atoms with van der Waals surface area (Å²) in [5.74, 6) is -1.44. The number of nitrogens with two attached hydrogens (primary N) is 1. The lowest BCUT2D eigenvalue weighted by Gasteiger charge is -2.23. The summed E-state index contributed by atoms with van der Waals surface area (Å²) in [5.41, 5.74) is 4.98. The van der Waals surface area contributed by atoms with E-state index in [4.69, 9.17) is 10.8 Å². The van der Waals surface area contributed by atoms with Gasteiger partial charge in [-0.1, -0.05) is 0 Å². The monoisotopic (exact) mass is 236 g/mol. The van der Waals surface area contributed by atoms with Gasteiger partial charge in [-0.2, -0.15) is 0 Å². The highest BCUT2D eigenvalue weighted by Crippen LogP contribution is 2.17. The molecule has 0 aromatic heterocycles. The summed E-state index contributed by atoms with van der Waals surface area (Å²) in [6, 6.07) is -1.51. The zero-order valence-corrected chi connectivity index (χ0v) is 8.74. The fourth-order valence-corrected chi connectivity index (χ4v) is 3.28. The Labute approximate surface area is 86.8 Å². The first-order valence-corrected chi connectivity index (χ1v) is 6.12. The third kappa shape index (κ3) is 3.08. The summed E-state index contributed by atoms with van der Waals surface area (Å²) in [4.78, 5) is 22.2. The third-order valence-electron chi connectivity index (χ3n) is 2.24. The molecule has 15 heavy (non-hydrogen) atoms. The maximum absolute atomic E-state index is 11.1. The average Bonchev–Trinajstić information content (AvgIpc) is 2.41. The van der Waals surface area contributed by atoms with Gasteiger partial charge in [-0.05, 0) is 6.42 Å². The van der Waals surface area contributed by atoms with Gasteiger partial charge in [0.25, 0.3) is 0 Å². The Balaban J connectivity index is 2.74. The van der Waals surface area contributed by atoms with E-state index in [2.05, 4.69) is 0 Å². The molecule has 0 aliphatic carbocycles. The second-order valence-electron chi connectivity index (χ2n) is 3.42. The van der Waals surface area contributed by atoms with Crippen LogP contribution < -0.4 is 5.73 Å². The van der Waals surface area contributed by atoms with Crippen LogP contribution in [0.25, 0.3) is 0 Å². The van der Waals surface area contributed by atoms with E-state index in [0.717, 1.165) is 4.90 Å². The molecule has 2 amide bonds. The van der Waals surface area contributed by atoms with E-state index < -0.39 is 34.4 Å². The van der Waals surface area contributed by atoms with Crippen molar-refractivity contribution in [1.29, 1.82) is 0 Å². The maximum Gasteiger partial charge on any atom is 0.323 e. The molecule has 3 N–H and O–H groups in total. The summed E-state index contributed by atoms with van der Waals surface area (Å²) >= 11 is 0. The second-order valence-corrected chi connectivity index (χ2v) is 5.65. The molecule has 1 unspecified atom stereocenters. The molecule has 86 valence electrons. The molecule has 0 aromatic rings. The minimum atomic E-state index is -3.15. The van der Waals surface area contributed by atoms with Crippen molar-refractivity contribution in [2.24, 2.45) is 5.73 Å². The minimum Gasteiger partial charge on any atom is -0.480 e. The van der Waals surface area contributed by atoms with E-state index in [9.17, 15) is 18.0 Å². The summed E-state index contributed by atoms with van der Waals surface area (Å²) in [6.07, 6.45) is 0.249. The van der Waals surface area contributed by atoms with Crippen molar-refractivity contribution in [2.45, 2.75) is 12.5 Å². The maximum atomic E-state index is 11.1. The number of carboxylic acid groups (broad SMARTS) is 1. The van der Waals surface area contributed by atoms with Crippen LogP contribution in [-0.2, 0) is 14.6 Å². The first kappa shape index (κ1) is 11.8. The molecular formula is C7H12N2O5S. The highest BCUT2D eigenvalue weighted by atomic mass is 32.2. The first-order valence-electron chi connectivity index (χ1n) is 4.30. The van der Waals surface area contributed by atoms with Gasteiger partial charge in [0.2, 0.25) is 0 Å². The van der Waals surface area contributed by atoms with Crippen molar-refractivity contribution in [1.82, 2.24) is 4.90 Å². The Bertz CT molecular complexity index is 377. The molecule has 0 spiro atoms. The van der Waals surface area contributed by atoms with Crippen LogP contribution in [0.5, 0.6) is 0 Å². The average molecular weight is 236 g/mol. The van der Waals surface area contributed by atoms with Gasteiger partial charge in [-0.25, -0.2) is 13.2 Å². The number of carboxylic acids is 1. The number of primary amides is 1.